The van der Waals surface area contributed by atoms with Crippen LogP contribution in [-0.4, -0.2) is 68.4 Å². The van der Waals surface area contributed by atoms with Gasteiger partial charge in [0.05, 0.1) is 29.0 Å². The van der Waals surface area contributed by atoms with Crippen molar-refractivity contribution in [2.45, 2.75) is 97.2 Å². The zero-order valence-corrected chi connectivity index (χ0v) is 35.4. The maximum absolute atomic E-state index is 13.1. The third-order valence-corrected chi connectivity index (χ3v) is 14.2. The minimum atomic E-state index is -0.199. The summed E-state index contributed by atoms with van der Waals surface area (Å²) in [6.45, 7) is 11.0. The number of nitrogens with one attached hydrogen (secondary N) is 1. The number of piperidine rings is 1. The average molecular weight is 830 g/mol. The molecule has 4 aliphatic rings. The predicted octanol–water partition coefficient (Wildman–Crippen LogP) is 8.68. The summed E-state index contributed by atoms with van der Waals surface area (Å²) in [5.41, 5.74) is 5.49. The zero-order valence-electron chi connectivity index (χ0n) is 33.9. The molecule has 304 valence electrons. The molecule has 1 saturated heterocycles. The van der Waals surface area contributed by atoms with Crippen molar-refractivity contribution in [3.8, 4) is 22.6 Å². The number of thiophene rings is 1. The van der Waals surface area contributed by atoms with E-state index < -0.39 is 0 Å². The largest absolute Gasteiger partial charge is 0.493 e. The van der Waals surface area contributed by atoms with Gasteiger partial charge in [-0.15, -0.1) is 31.7 Å². The van der Waals surface area contributed by atoms with Gasteiger partial charge in [0.15, 0.2) is 17.3 Å². The van der Waals surface area contributed by atoms with Crippen molar-refractivity contribution >= 4 is 40.4 Å². The van der Waals surface area contributed by atoms with Gasteiger partial charge in [-0.05, 0) is 144 Å². The number of anilines is 1. The third-order valence-electron chi connectivity index (χ3n) is 12.7. The molecule has 59 heavy (non-hydrogen) atoms. The summed E-state index contributed by atoms with van der Waals surface area (Å²) in [5, 5.41) is 31.5. The Hall–Kier alpha value is -5.32. The molecule has 2 aromatic carbocycles. The smallest absolute Gasteiger partial charge is 0.272 e. The number of aliphatic imine (C=N–C) groups is 1. The van der Waals surface area contributed by atoms with Gasteiger partial charge in [0.25, 0.3) is 5.91 Å². The number of nitriles is 1. The summed E-state index contributed by atoms with van der Waals surface area (Å²) in [6, 6.07) is 19.3. The lowest BCUT2D eigenvalue weighted by atomic mass is 9.58. The lowest BCUT2D eigenvalue weighted by Crippen LogP contribution is -2.51. The number of rotatable bonds is 9. The van der Waals surface area contributed by atoms with E-state index in [0.29, 0.717) is 34.6 Å². The fraction of sp³-hybridized carbons (Fsp3) is 0.444. The molecule has 1 spiro atoms. The first-order valence-electron chi connectivity index (χ1n) is 20.7. The summed E-state index contributed by atoms with van der Waals surface area (Å²) in [7, 11) is 0. The summed E-state index contributed by atoms with van der Waals surface area (Å²) < 4.78 is 14.7. The second kappa shape index (κ2) is 16.0. The van der Waals surface area contributed by atoms with E-state index in [0.717, 1.165) is 103 Å². The van der Waals surface area contributed by atoms with Gasteiger partial charge in [-0.1, -0.05) is 11.6 Å². The fourth-order valence-electron chi connectivity index (χ4n) is 9.47. The molecule has 1 atom stereocenters. The number of benzene rings is 2. The Labute approximate surface area is 353 Å². The Morgan fingerprint density at radius 2 is 1.78 bits per heavy atom. The number of fused-ring (bicyclic) bond motifs is 3. The molecular formula is C45H48ClN9O3S. The second-order valence-corrected chi connectivity index (χ2v) is 18.4. The van der Waals surface area contributed by atoms with E-state index in [-0.39, 0.29) is 29.5 Å². The Balaban J connectivity index is 0.747. The van der Waals surface area contributed by atoms with Crippen molar-refractivity contribution in [3.05, 3.63) is 104 Å². The number of nitrogens with zero attached hydrogens (tertiary/aromatic N) is 8. The molecule has 9 rings (SSSR count). The molecule has 2 aliphatic carbocycles. The number of halogens is 1. The summed E-state index contributed by atoms with van der Waals surface area (Å²) >= 11 is 7.94. The van der Waals surface area contributed by atoms with Crippen LogP contribution in [0.25, 0.3) is 5.00 Å². The SMILES string of the molecule is Cc1sc2c(c1C)C(c1ccc(OCC3CC4(CCCN(c5ccc(C(=O)NC6CCC(Oc7ccc(C#N)c(Cl)c7)CC6)nn5)C4)C3)cc1)=N[C@@H](C)c1nnc(C)n1-2. The van der Waals surface area contributed by atoms with E-state index in [1.807, 2.05) is 13.0 Å². The van der Waals surface area contributed by atoms with Crippen LogP contribution in [0.4, 0.5) is 5.82 Å². The number of hydrogen-bond acceptors (Lipinski definition) is 11. The Morgan fingerprint density at radius 1 is 1.00 bits per heavy atom. The van der Waals surface area contributed by atoms with E-state index in [2.05, 4.69) is 86.3 Å². The Morgan fingerprint density at radius 3 is 2.51 bits per heavy atom. The van der Waals surface area contributed by atoms with Gasteiger partial charge in [-0.2, -0.15) is 5.26 Å². The topological polar surface area (TPSA) is 143 Å². The highest BCUT2D eigenvalue weighted by atomic mass is 35.5. The van der Waals surface area contributed by atoms with Crippen LogP contribution in [0.2, 0.25) is 5.02 Å². The number of aromatic nitrogens is 5. The molecule has 0 bridgehead atoms. The van der Waals surface area contributed by atoms with Crippen molar-refractivity contribution in [2.75, 3.05) is 24.6 Å². The molecule has 5 heterocycles. The first-order valence-corrected chi connectivity index (χ1v) is 21.9. The van der Waals surface area contributed by atoms with Crippen LogP contribution in [0.3, 0.4) is 0 Å². The standard InChI is InChI=1S/C45H48ClN9O3S/c1-26-28(3)59-44-40(26)41(48-27(2)42-53-50-29(4)55(42)44)31-6-11-34(12-7-31)57-24-30-21-45(22-30)18-5-19-54(25-45)39-17-16-38(51-52-39)43(56)49-33-9-14-35(15-10-33)58-36-13-8-32(23-47)37(46)20-36/h6-8,11-13,16-17,20,27,30,33,35H,5,9-10,14-15,18-19,21-22,24-25H2,1-4H3,(H,49,56)/t27-,30?,33?,35?,45?/m0/s1. The number of hydrogen-bond donors (Lipinski definition) is 1. The average Bonchev–Trinajstić information content (AvgIpc) is 3.72. The van der Waals surface area contributed by atoms with Gasteiger partial charge in [0, 0.05) is 41.2 Å². The van der Waals surface area contributed by atoms with Crippen molar-refractivity contribution < 1.29 is 14.3 Å². The second-order valence-electron chi connectivity index (χ2n) is 16.8. The molecule has 3 aromatic heterocycles. The number of carbonyl (C=O) groups is 1. The molecule has 0 radical (unpaired) electrons. The van der Waals surface area contributed by atoms with Gasteiger partial charge in [0.2, 0.25) is 0 Å². The van der Waals surface area contributed by atoms with E-state index >= 15 is 0 Å². The molecule has 1 amide bonds. The molecule has 2 saturated carbocycles. The molecular weight excluding hydrogens is 782 g/mol. The molecule has 14 heteroatoms. The minimum Gasteiger partial charge on any atom is -0.493 e. The normalized spacial score (nSPS) is 23.6. The molecule has 0 unspecified atom stereocenters. The number of amides is 1. The first-order chi connectivity index (χ1) is 28.6. The quantitative estimate of drug-likeness (QED) is 0.154. The predicted molar refractivity (Wildman–Crippen MR) is 228 cm³/mol. The fourth-order valence-corrected chi connectivity index (χ4v) is 10.9. The van der Waals surface area contributed by atoms with E-state index in [1.54, 1.807) is 35.6 Å². The molecule has 2 aliphatic heterocycles. The van der Waals surface area contributed by atoms with Crippen LogP contribution in [0.5, 0.6) is 11.5 Å². The van der Waals surface area contributed by atoms with Crippen LogP contribution >= 0.6 is 22.9 Å². The zero-order chi connectivity index (χ0) is 40.8. The number of ether oxygens (including phenoxy) is 2. The number of carbonyl (C=O) groups excluding carboxylic acids is 1. The minimum absolute atomic E-state index is 0.0351. The van der Waals surface area contributed by atoms with Crippen LogP contribution in [0.15, 0.2) is 59.6 Å². The van der Waals surface area contributed by atoms with Crippen molar-refractivity contribution in [1.82, 2.24) is 30.3 Å². The van der Waals surface area contributed by atoms with Gasteiger partial charge < -0.3 is 19.7 Å². The molecule has 3 fully saturated rings. The summed E-state index contributed by atoms with van der Waals surface area (Å²) in [4.78, 5) is 21.9. The van der Waals surface area contributed by atoms with Crippen LogP contribution < -0.4 is 19.7 Å². The summed E-state index contributed by atoms with van der Waals surface area (Å²) in [5.74, 6) is 4.41. The highest BCUT2D eigenvalue weighted by Gasteiger charge is 2.47. The third kappa shape index (κ3) is 7.80. The molecule has 5 aromatic rings. The summed E-state index contributed by atoms with van der Waals surface area (Å²) in [6.07, 6.45) is 7.82. The molecule has 1 N–H and O–H groups in total. The number of aryl methyl sites for hydroxylation is 2. The van der Waals surface area contributed by atoms with E-state index in [1.165, 1.54) is 16.9 Å². The van der Waals surface area contributed by atoms with Crippen LogP contribution in [-0.2, 0) is 0 Å². The molecule has 12 nitrogen and oxygen atoms in total. The van der Waals surface area contributed by atoms with Gasteiger partial charge in [0.1, 0.15) is 34.4 Å². The van der Waals surface area contributed by atoms with Crippen molar-refractivity contribution in [3.63, 3.8) is 0 Å². The monoisotopic (exact) mass is 829 g/mol. The van der Waals surface area contributed by atoms with Gasteiger partial charge >= 0.3 is 0 Å². The van der Waals surface area contributed by atoms with Crippen LogP contribution in [0, 0.1) is 43.4 Å². The maximum Gasteiger partial charge on any atom is 0.272 e. The Kier molecular flexibility index (Phi) is 10.6. The van der Waals surface area contributed by atoms with E-state index in [4.69, 9.17) is 31.3 Å². The van der Waals surface area contributed by atoms with Gasteiger partial charge in [-0.3, -0.25) is 14.4 Å². The van der Waals surface area contributed by atoms with Crippen molar-refractivity contribution in [2.24, 2.45) is 16.3 Å². The van der Waals surface area contributed by atoms with Crippen molar-refractivity contribution in [1.29, 1.82) is 5.26 Å². The van der Waals surface area contributed by atoms with Crippen LogP contribution in [0.1, 0.15) is 114 Å². The Bertz CT molecular complexity index is 2440. The lowest BCUT2D eigenvalue weighted by molar-refractivity contribution is 0.0113. The lowest BCUT2D eigenvalue weighted by Gasteiger charge is -2.53. The van der Waals surface area contributed by atoms with E-state index in [9.17, 15) is 4.79 Å². The highest BCUT2D eigenvalue weighted by molar-refractivity contribution is 7.15. The van der Waals surface area contributed by atoms with Gasteiger partial charge in [-0.25, -0.2) is 0 Å². The maximum atomic E-state index is 13.1. The first kappa shape index (κ1) is 39.2. The highest BCUT2D eigenvalue weighted by Crippen LogP contribution is 2.51.